The normalized spacial score (nSPS) is 34.4. The van der Waals surface area contributed by atoms with Crippen LogP contribution in [0.5, 0.6) is 0 Å². The van der Waals surface area contributed by atoms with Crippen molar-refractivity contribution in [2.24, 2.45) is 11.8 Å². The molecule has 0 aliphatic carbocycles. The Morgan fingerprint density at radius 1 is 1.50 bits per heavy atom. The highest BCUT2D eigenvalue weighted by Crippen LogP contribution is 2.34. The van der Waals surface area contributed by atoms with Crippen molar-refractivity contribution in [3.8, 4) is 0 Å². The first kappa shape index (κ1) is 9.99. The summed E-state index contributed by atoms with van der Waals surface area (Å²) in [7, 11) is 0. The lowest BCUT2D eigenvalue weighted by Gasteiger charge is -2.20. The molecule has 3 atom stereocenters. The minimum absolute atomic E-state index is 0. The third-order valence-electron chi connectivity index (χ3n) is 3.42. The minimum atomic E-state index is 0. The molecule has 0 N–H and O–H groups in total. The first-order chi connectivity index (χ1) is 6.42. The molecular weight excluding hydrogens is 200 g/mol. The maximum atomic E-state index is 5.27. The zero-order valence-corrected chi connectivity index (χ0v) is 8.87. The van der Waals surface area contributed by atoms with Crippen LogP contribution in [0.1, 0.15) is 12.2 Å². The predicted molar refractivity (Wildman–Crippen MR) is 55.5 cm³/mol. The molecule has 0 saturated carbocycles. The molecule has 4 heteroatoms. The van der Waals surface area contributed by atoms with E-state index in [0.717, 1.165) is 24.0 Å². The number of aromatic nitrogens is 1. The standard InChI is InChI=1S/C10H14N2O.ClH/c1-2-12-5-8(1)9(6-12)3-10-4-11-7-13-10;/h4,7-9H,1-3,5-6H2;1H. The van der Waals surface area contributed by atoms with Gasteiger partial charge in [-0.2, -0.15) is 0 Å². The molecule has 1 aromatic rings. The van der Waals surface area contributed by atoms with Crippen molar-refractivity contribution in [1.82, 2.24) is 9.88 Å². The summed E-state index contributed by atoms with van der Waals surface area (Å²) in [5.41, 5.74) is 0. The van der Waals surface area contributed by atoms with Crippen LogP contribution in [0.25, 0.3) is 0 Å². The van der Waals surface area contributed by atoms with E-state index in [2.05, 4.69) is 9.88 Å². The molecule has 0 aromatic carbocycles. The maximum absolute atomic E-state index is 5.27. The van der Waals surface area contributed by atoms with Gasteiger partial charge in [-0.25, -0.2) is 4.98 Å². The Morgan fingerprint density at radius 3 is 3.00 bits per heavy atom. The molecular formula is C10H15ClN2O. The number of hydrogen-bond acceptors (Lipinski definition) is 3. The summed E-state index contributed by atoms with van der Waals surface area (Å²) in [4.78, 5) is 6.51. The molecule has 0 amide bonds. The number of oxazole rings is 1. The van der Waals surface area contributed by atoms with Gasteiger partial charge >= 0.3 is 0 Å². The average Bonchev–Trinajstić information content (AvgIpc) is 2.77. The van der Waals surface area contributed by atoms with Crippen molar-refractivity contribution in [2.45, 2.75) is 12.8 Å². The summed E-state index contributed by atoms with van der Waals surface area (Å²) < 4.78 is 5.27. The summed E-state index contributed by atoms with van der Waals surface area (Å²) in [6, 6.07) is 0. The van der Waals surface area contributed by atoms with Crippen LogP contribution in [-0.2, 0) is 6.42 Å². The maximum Gasteiger partial charge on any atom is 0.180 e. The molecule has 2 saturated heterocycles. The highest BCUT2D eigenvalue weighted by molar-refractivity contribution is 5.85. The molecule has 3 rings (SSSR count). The number of fused-ring (bicyclic) bond motifs is 2. The molecule has 3 nitrogen and oxygen atoms in total. The predicted octanol–water partition coefficient (Wildman–Crippen LogP) is 1.59. The number of piperidine rings is 1. The number of halogens is 1. The van der Waals surface area contributed by atoms with Gasteiger partial charge in [0.15, 0.2) is 6.39 Å². The first-order valence-electron chi connectivity index (χ1n) is 5.01. The van der Waals surface area contributed by atoms with Gasteiger partial charge in [0.25, 0.3) is 0 Å². The highest BCUT2D eigenvalue weighted by Gasteiger charge is 2.37. The Bertz CT molecular complexity index is 288. The van der Waals surface area contributed by atoms with Gasteiger partial charge in [-0.15, -0.1) is 12.4 Å². The highest BCUT2D eigenvalue weighted by atomic mass is 35.5. The SMILES string of the molecule is Cl.c1ncc(CC2CN3CCC2C3)o1. The Labute approximate surface area is 89.9 Å². The quantitative estimate of drug-likeness (QED) is 0.749. The Kier molecular flexibility index (Phi) is 2.79. The van der Waals surface area contributed by atoms with Gasteiger partial charge in [-0.1, -0.05) is 0 Å². The van der Waals surface area contributed by atoms with E-state index in [0.29, 0.717) is 0 Å². The summed E-state index contributed by atoms with van der Waals surface area (Å²) in [6.07, 6.45) is 5.85. The smallest absolute Gasteiger partial charge is 0.180 e. The van der Waals surface area contributed by atoms with Crippen LogP contribution < -0.4 is 0 Å². The fourth-order valence-corrected chi connectivity index (χ4v) is 2.73. The fraction of sp³-hybridized carbons (Fsp3) is 0.700. The molecule has 2 fully saturated rings. The molecule has 3 unspecified atom stereocenters. The Morgan fingerprint density at radius 2 is 2.43 bits per heavy atom. The van der Waals surface area contributed by atoms with Crippen LogP contribution in [0.15, 0.2) is 17.0 Å². The van der Waals surface area contributed by atoms with E-state index in [1.165, 1.54) is 32.4 Å². The van der Waals surface area contributed by atoms with Gasteiger partial charge in [0.2, 0.25) is 0 Å². The first-order valence-corrected chi connectivity index (χ1v) is 5.01. The Hall–Kier alpha value is -0.540. The number of hydrogen-bond donors (Lipinski definition) is 0. The molecule has 0 radical (unpaired) electrons. The van der Waals surface area contributed by atoms with Crippen LogP contribution in [0.2, 0.25) is 0 Å². The van der Waals surface area contributed by atoms with Crippen molar-refractivity contribution in [1.29, 1.82) is 0 Å². The molecule has 2 bridgehead atoms. The van der Waals surface area contributed by atoms with E-state index in [1.807, 2.05) is 6.20 Å². The summed E-state index contributed by atoms with van der Waals surface area (Å²) in [5, 5.41) is 0. The molecule has 2 aliphatic rings. The zero-order valence-electron chi connectivity index (χ0n) is 8.06. The largest absolute Gasteiger partial charge is 0.449 e. The number of nitrogens with zero attached hydrogens (tertiary/aromatic N) is 2. The number of rotatable bonds is 2. The van der Waals surface area contributed by atoms with Gasteiger partial charge in [0, 0.05) is 19.5 Å². The van der Waals surface area contributed by atoms with Crippen LogP contribution in [0.4, 0.5) is 0 Å². The van der Waals surface area contributed by atoms with E-state index in [4.69, 9.17) is 4.42 Å². The third-order valence-corrected chi connectivity index (χ3v) is 3.42. The van der Waals surface area contributed by atoms with Crippen LogP contribution in [0.3, 0.4) is 0 Å². The molecule has 1 aromatic heterocycles. The topological polar surface area (TPSA) is 29.3 Å². The third kappa shape index (κ3) is 1.66. The van der Waals surface area contributed by atoms with Gasteiger partial charge < -0.3 is 9.32 Å². The van der Waals surface area contributed by atoms with E-state index in [9.17, 15) is 0 Å². The van der Waals surface area contributed by atoms with Crippen molar-refractivity contribution in [3.63, 3.8) is 0 Å². The lowest BCUT2D eigenvalue weighted by molar-refractivity contribution is 0.288. The molecule has 14 heavy (non-hydrogen) atoms. The lowest BCUT2D eigenvalue weighted by atomic mass is 9.89. The van der Waals surface area contributed by atoms with Crippen LogP contribution in [-0.4, -0.2) is 29.5 Å². The average molecular weight is 215 g/mol. The molecule has 2 aliphatic heterocycles. The van der Waals surface area contributed by atoms with Crippen molar-refractivity contribution in [2.75, 3.05) is 19.6 Å². The summed E-state index contributed by atoms with van der Waals surface area (Å²) in [5.74, 6) is 2.80. The second-order valence-corrected chi connectivity index (χ2v) is 4.24. The molecule has 78 valence electrons. The van der Waals surface area contributed by atoms with Crippen LogP contribution in [0, 0.1) is 11.8 Å². The Balaban J connectivity index is 0.000000750. The van der Waals surface area contributed by atoms with E-state index in [-0.39, 0.29) is 12.4 Å². The van der Waals surface area contributed by atoms with E-state index >= 15 is 0 Å². The van der Waals surface area contributed by atoms with Crippen LogP contribution >= 0.6 is 12.4 Å². The summed E-state index contributed by atoms with van der Waals surface area (Å²) in [6.45, 7) is 3.90. The van der Waals surface area contributed by atoms with Gasteiger partial charge in [-0.3, -0.25) is 0 Å². The minimum Gasteiger partial charge on any atom is -0.449 e. The monoisotopic (exact) mass is 214 g/mol. The lowest BCUT2D eigenvalue weighted by Crippen LogP contribution is -2.24. The van der Waals surface area contributed by atoms with Crippen molar-refractivity contribution >= 4 is 12.4 Å². The van der Waals surface area contributed by atoms with Crippen molar-refractivity contribution in [3.05, 3.63) is 18.4 Å². The second kappa shape index (κ2) is 3.91. The fourth-order valence-electron chi connectivity index (χ4n) is 2.73. The van der Waals surface area contributed by atoms with Gasteiger partial charge in [0.05, 0.1) is 6.20 Å². The van der Waals surface area contributed by atoms with Gasteiger partial charge in [0.1, 0.15) is 5.76 Å². The zero-order chi connectivity index (χ0) is 8.67. The van der Waals surface area contributed by atoms with E-state index in [1.54, 1.807) is 0 Å². The summed E-state index contributed by atoms with van der Waals surface area (Å²) >= 11 is 0. The second-order valence-electron chi connectivity index (χ2n) is 4.24. The molecule has 3 heterocycles. The molecule has 0 spiro atoms. The van der Waals surface area contributed by atoms with E-state index < -0.39 is 0 Å². The van der Waals surface area contributed by atoms with Gasteiger partial charge in [-0.05, 0) is 24.8 Å². The van der Waals surface area contributed by atoms with Crippen molar-refractivity contribution < 1.29 is 4.42 Å².